The Morgan fingerprint density at radius 3 is 2.91 bits per heavy atom. The molecule has 1 fully saturated rings. The lowest BCUT2D eigenvalue weighted by Crippen LogP contribution is -2.50. The zero-order valence-corrected chi connectivity index (χ0v) is 12.2. The van der Waals surface area contributed by atoms with Crippen LogP contribution in [0.1, 0.15) is 24.8 Å². The van der Waals surface area contributed by atoms with Crippen LogP contribution in [-0.2, 0) is 11.0 Å². The Morgan fingerprint density at radius 1 is 1.55 bits per heavy atom. The Morgan fingerprint density at radius 2 is 2.27 bits per heavy atom. The third-order valence-corrected chi connectivity index (χ3v) is 3.72. The van der Waals surface area contributed by atoms with E-state index >= 15 is 0 Å². The number of anilines is 1. The van der Waals surface area contributed by atoms with E-state index in [0.29, 0.717) is 19.4 Å². The Balaban J connectivity index is 2.17. The maximum Gasteiger partial charge on any atom is 0.416 e. The van der Waals surface area contributed by atoms with E-state index in [1.165, 1.54) is 7.05 Å². The fourth-order valence-corrected chi connectivity index (χ4v) is 2.61. The minimum atomic E-state index is -4.44. The molecule has 0 aromatic carbocycles. The summed E-state index contributed by atoms with van der Waals surface area (Å²) in [6.45, 7) is 0.569. The van der Waals surface area contributed by atoms with Crippen LogP contribution in [0.3, 0.4) is 0 Å². The molecule has 1 aliphatic rings. The van der Waals surface area contributed by atoms with Crippen molar-refractivity contribution in [2.24, 2.45) is 0 Å². The molecule has 0 aliphatic carbocycles. The summed E-state index contributed by atoms with van der Waals surface area (Å²) >= 11 is 0. The summed E-state index contributed by atoms with van der Waals surface area (Å²) in [7, 11) is 1.47. The van der Waals surface area contributed by atoms with Crippen molar-refractivity contribution in [3.8, 4) is 0 Å². The predicted molar refractivity (Wildman–Crippen MR) is 74.3 cm³/mol. The third kappa shape index (κ3) is 3.88. The molecule has 22 heavy (non-hydrogen) atoms. The average molecular weight is 317 g/mol. The number of carbonyl (C=O) groups is 1. The van der Waals surface area contributed by atoms with E-state index in [1.54, 1.807) is 4.90 Å². The SMILES string of the molecule is CNC(=O)CC1(O)CCCN(c2cc(C(F)(F)F)ccn2)C1. The lowest BCUT2D eigenvalue weighted by atomic mass is 9.89. The van der Waals surface area contributed by atoms with Gasteiger partial charge in [-0.3, -0.25) is 4.79 Å². The zero-order chi connectivity index (χ0) is 16.4. The van der Waals surface area contributed by atoms with Gasteiger partial charge in [0, 0.05) is 26.3 Å². The maximum absolute atomic E-state index is 12.8. The molecule has 2 N–H and O–H groups in total. The maximum atomic E-state index is 12.8. The van der Waals surface area contributed by atoms with Gasteiger partial charge in [0.2, 0.25) is 5.91 Å². The summed E-state index contributed by atoms with van der Waals surface area (Å²) in [6.07, 6.45) is -2.42. The van der Waals surface area contributed by atoms with Crippen molar-refractivity contribution < 1.29 is 23.1 Å². The van der Waals surface area contributed by atoms with Gasteiger partial charge >= 0.3 is 6.18 Å². The summed E-state index contributed by atoms with van der Waals surface area (Å²) in [5.74, 6) is -0.147. The van der Waals surface area contributed by atoms with Crippen molar-refractivity contribution in [2.45, 2.75) is 31.0 Å². The second-order valence-electron chi connectivity index (χ2n) is 5.50. The predicted octanol–water partition coefficient (Wildman–Crippen LogP) is 1.57. The van der Waals surface area contributed by atoms with Crippen molar-refractivity contribution >= 4 is 11.7 Å². The molecular weight excluding hydrogens is 299 g/mol. The number of hydrogen-bond donors (Lipinski definition) is 2. The highest BCUT2D eigenvalue weighted by Crippen LogP contribution is 2.32. The van der Waals surface area contributed by atoms with E-state index in [4.69, 9.17) is 0 Å². The molecule has 0 saturated carbocycles. The van der Waals surface area contributed by atoms with Gasteiger partial charge in [0.05, 0.1) is 17.6 Å². The first-order chi connectivity index (χ1) is 10.2. The number of nitrogens with one attached hydrogen (secondary N) is 1. The normalized spacial score (nSPS) is 22.5. The monoisotopic (exact) mass is 317 g/mol. The first kappa shape index (κ1) is 16.5. The van der Waals surface area contributed by atoms with Gasteiger partial charge in [0.1, 0.15) is 5.82 Å². The third-order valence-electron chi connectivity index (χ3n) is 3.72. The molecule has 1 aliphatic heterocycles. The second-order valence-corrected chi connectivity index (χ2v) is 5.50. The van der Waals surface area contributed by atoms with E-state index in [9.17, 15) is 23.1 Å². The zero-order valence-electron chi connectivity index (χ0n) is 12.2. The minimum absolute atomic E-state index is 0.0781. The molecule has 1 aromatic rings. The van der Waals surface area contributed by atoms with Gasteiger partial charge < -0.3 is 15.3 Å². The number of aliphatic hydroxyl groups is 1. The number of amides is 1. The van der Waals surface area contributed by atoms with Crippen LogP contribution in [0.4, 0.5) is 19.0 Å². The van der Waals surface area contributed by atoms with Crippen LogP contribution in [0.2, 0.25) is 0 Å². The van der Waals surface area contributed by atoms with Crippen molar-refractivity contribution in [3.05, 3.63) is 23.9 Å². The van der Waals surface area contributed by atoms with E-state index in [2.05, 4.69) is 10.3 Å². The highest BCUT2D eigenvalue weighted by Gasteiger charge is 2.37. The van der Waals surface area contributed by atoms with Crippen molar-refractivity contribution in [3.63, 3.8) is 0 Å². The fraction of sp³-hybridized carbons (Fsp3) is 0.571. The molecule has 2 heterocycles. The number of hydrogen-bond acceptors (Lipinski definition) is 4. The quantitative estimate of drug-likeness (QED) is 0.888. The van der Waals surface area contributed by atoms with Crippen molar-refractivity contribution in [2.75, 3.05) is 25.0 Å². The summed E-state index contributed by atoms with van der Waals surface area (Å²) in [5.41, 5.74) is -2.04. The molecule has 1 aromatic heterocycles. The van der Waals surface area contributed by atoms with Crippen LogP contribution in [-0.4, -0.2) is 41.7 Å². The number of β-amino-alcohol motifs (C(OH)–C–C–N with tert-alkyl or cyclic N) is 1. The number of carbonyl (C=O) groups excluding carboxylic acids is 1. The van der Waals surface area contributed by atoms with Crippen LogP contribution in [0.15, 0.2) is 18.3 Å². The average Bonchev–Trinajstić information content (AvgIpc) is 2.46. The number of pyridine rings is 1. The topological polar surface area (TPSA) is 65.5 Å². The highest BCUT2D eigenvalue weighted by atomic mass is 19.4. The Hall–Kier alpha value is -1.83. The standard InChI is InChI=1S/C14H18F3N3O2/c1-18-12(21)8-13(22)4-2-6-20(9-13)11-7-10(3-5-19-11)14(15,16)17/h3,5,7,22H,2,4,6,8-9H2,1H3,(H,18,21). The van der Waals surface area contributed by atoms with E-state index in [0.717, 1.165) is 18.3 Å². The summed E-state index contributed by atoms with van der Waals surface area (Å²) in [5, 5.41) is 12.9. The molecule has 0 bridgehead atoms. The second kappa shape index (κ2) is 6.12. The van der Waals surface area contributed by atoms with E-state index in [1.807, 2.05) is 0 Å². The molecule has 0 spiro atoms. The van der Waals surface area contributed by atoms with E-state index in [-0.39, 0.29) is 24.7 Å². The molecule has 1 amide bonds. The molecule has 1 unspecified atom stereocenters. The number of rotatable bonds is 3. The first-order valence-electron chi connectivity index (χ1n) is 6.95. The van der Waals surface area contributed by atoms with E-state index < -0.39 is 17.3 Å². The Labute approximate surface area is 126 Å². The number of aromatic nitrogens is 1. The lowest BCUT2D eigenvalue weighted by molar-refractivity contribution is -0.137. The number of halogens is 3. The van der Waals surface area contributed by atoms with Gasteiger partial charge in [0.15, 0.2) is 0 Å². The Kier molecular flexibility index (Phi) is 4.60. The van der Waals surface area contributed by atoms with Crippen molar-refractivity contribution in [1.29, 1.82) is 0 Å². The first-order valence-corrected chi connectivity index (χ1v) is 6.95. The lowest BCUT2D eigenvalue weighted by Gasteiger charge is -2.39. The molecule has 2 rings (SSSR count). The van der Waals surface area contributed by atoms with Crippen LogP contribution >= 0.6 is 0 Å². The molecule has 122 valence electrons. The summed E-state index contributed by atoms with van der Waals surface area (Å²) < 4.78 is 38.3. The minimum Gasteiger partial charge on any atom is -0.388 e. The molecule has 0 radical (unpaired) electrons. The van der Waals surface area contributed by atoms with Gasteiger partial charge in [-0.05, 0) is 25.0 Å². The summed E-state index contributed by atoms with van der Waals surface area (Å²) in [4.78, 5) is 17.0. The van der Waals surface area contributed by atoms with Crippen LogP contribution < -0.4 is 10.2 Å². The number of alkyl halides is 3. The molecule has 1 atom stereocenters. The van der Waals surface area contributed by atoms with Gasteiger partial charge in [-0.2, -0.15) is 13.2 Å². The van der Waals surface area contributed by atoms with Crippen molar-refractivity contribution in [1.82, 2.24) is 10.3 Å². The van der Waals surface area contributed by atoms with Gasteiger partial charge in [-0.15, -0.1) is 0 Å². The summed E-state index contributed by atoms with van der Waals surface area (Å²) in [6, 6.07) is 1.87. The smallest absolute Gasteiger partial charge is 0.388 e. The Bertz CT molecular complexity index is 550. The molecule has 8 heteroatoms. The molecular formula is C14H18F3N3O2. The van der Waals surface area contributed by atoms with Crippen LogP contribution in [0.25, 0.3) is 0 Å². The van der Waals surface area contributed by atoms with Crippen LogP contribution in [0, 0.1) is 0 Å². The number of nitrogens with zero attached hydrogens (tertiary/aromatic N) is 2. The van der Waals surface area contributed by atoms with Crippen LogP contribution in [0.5, 0.6) is 0 Å². The van der Waals surface area contributed by atoms with Gasteiger partial charge in [-0.1, -0.05) is 0 Å². The largest absolute Gasteiger partial charge is 0.416 e. The molecule has 5 nitrogen and oxygen atoms in total. The van der Waals surface area contributed by atoms with Gasteiger partial charge in [-0.25, -0.2) is 4.98 Å². The van der Waals surface area contributed by atoms with Gasteiger partial charge in [0.25, 0.3) is 0 Å². The highest BCUT2D eigenvalue weighted by molar-refractivity contribution is 5.76. The molecule has 1 saturated heterocycles. The fourth-order valence-electron chi connectivity index (χ4n) is 2.61. The number of piperidine rings is 1.